The molecule has 20 heavy (non-hydrogen) atoms. The van der Waals surface area contributed by atoms with Crippen molar-refractivity contribution in [3.05, 3.63) is 28.0 Å². The predicted octanol–water partition coefficient (Wildman–Crippen LogP) is 0.0378. The first-order chi connectivity index (χ1) is 9.32. The number of carboxylic acid groups (broad SMARTS) is 1. The second-order valence-corrected chi connectivity index (χ2v) is 4.41. The van der Waals surface area contributed by atoms with Crippen molar-refractivity contribution in [2.24, 2.45) is 7.05 Å². The van der Waals surface area contributed by atoms with Crippen molar-refractivity contribution in [2.45, 2.75) is 19.9 Å². The summed E-state index contributed by atoms with van der Waals surface area (Å²) in [7, 11) is 1.50. The number of carbonyl (C=O) groups is 2. The minimum Gasteiger partial charge on any atom is -0.480 e. The molecule has 2 aromatic rings. The van der Waals surface area contributed by atoms with Crippen LogP contribution in [-0.4, -0.2) is 32.6 Å². The fourth-order valence-electron chi connectivity index (χ4n) is 1.79. The lowest BCUT2D eigenvalue weighted by Crippen LogP contribution is -2.38. The molecule has 0 aliphatic heterocycles. The third-order valence-electron chi connectivity index (χ3n) is 2.89. The summed E-state index contributed by atoms with van der Waals surface area (Å²) < 4.78 is 6.48. The lowest BCUT2D eigenvalue weighted by molar-refractivity contribution is -0.138. The molecule has 1 amide bonds. The van der Waals surface area contributed by atoms with Crippen molar-refractivity contribution in [1.82, 2.24) is 14.9 Å². The fraction of sp³-hybridized carbons (Fsp3) is 0.333. The molecular formula is C12H13N3O5. The highest BCUT2D eigenvalue weighted by Gasteiger charge is 2.24. The van der Waals surface area contributed by atoms with Crippen molar-refractivity contribution in [3.63, 3.8) is 0 Å². The predicted molar refractivity (Wildman–Crippen MR) is 68.6 cm³/mol. The minimum atomic E-state index is -1.17. The van der Waals surface area contributed by atoms with Gasteiger partial charge < -0.3 is 19.4 Å². The number of amides is 1. The van der Waals surface area contributed by atoms with Crippen LogP contribution in [-0.2, 0) is 11.8 Å². The molecule has 2 N–H and O–H groups in total. The topological polar surface area (TPSA) is 114 Å². The highest BCUT2D eigenvalue weighted by molar-refractivity contribution is 6.07. The number of furan rings is 1. The molecule has 0 aromatic carbocycles. The first kappa shape index (κ1) is 13.8. The van der Waals surface area contributed by atoms with Gasteiger partial charge in [-0.2, -0.15) is 0 Å². The zero-order valence-electron chi connectivity index (χ0n) is 11.1. The second kappa shape index (κ2) is 4.80. The molecule has 1 atom stereocenters. The molecule has 0 saturated heterocycles. The van der Waals surface area contributed by atoms with E-state index >= 15 is 0 Å². The van der Waals surface area contributed by atoms with E-state index in [0.29, 0.717) is 0 Å². The average molecular weight is 279 g/mol. The smallest absolute Gasteiger partial charge is 0.325 e. The Balaban J connectivity index is 2.57. The lowest BCUT2D eigenvalue weighted by atomic mass is 10.1. The van der Waals surface area contributed by atoms with Gasteiger partial charge in [0.25, 0.3) is 11.5 Å². The molecule has 0 aliphatic carbocycles. The van der Waals surface area contributed by atoms with E-state index in [4.69, 9.17) is 9.52 Å². The van der Waals surface area contributed by atoms with Crippen molar-refractivity contribution >= 4 is 23.0 Å². The van der Waals surface area contributed by atoms with E-state index in [1.807, 2.05) is 0 Å². The van der Waals surface area contributed by atoms with Crippen LogP contribution < -0.4 is 10.9 Å². The summed E-state index contributed by atoms with van der Waals surface area (Å²) in [6.07, 6.45) is 1.29. The lowest BCUT2D eigenvalue weighted by Gasteiger charge is -2.08. The van der Waals surface area contributed by atoms with Crippen molar-refractivity contribution in [1.29, 1.82) is 0 Å². The molecular weight excluding hydrogens is 266 g/mol. The first-order valence-corrected chi connectivity index (χ1v) is 5.81. The van der Waals surface area contributed by atoms with Crippen LogP contribution in [0.15, 0.2) is 15.5 Å². The standard InChI is InChI=1S/C12H13N3O5/c1-5(12(18)19)14-9(16)7-6(2)20-10-8(7)11(17)15(3)4-13-10/h4-5H,1-3H3,(H,14,16)(H,18,19). The number of carboxylic acids is 1. The maximum Gasteiger partial charge on any atom is 0.325 e. The molecule has 8 nitrogen and oxygen atoms in total. The molecule has 0 aliphatic rings. The molecule has 0 bridgehead atoms. The van der Waals surface area contributed by atoms with Gasteiger partial charge in [0, 0.05) is 7.05 Å². The third-order valence-corrected chi connectivity index (χ3v) is 2.89. The number of hydrogen-bond acceptors (Lipinski definition) is 5. The van der Waals surface area contributed by atoms with Gasteiger partial charge in [-0.25, -0.2) is 4.98 Å². The van der Waals surface area contributed by atoms with Gasteiger partial charge >= 0.3 is 5.97 Å². The van der Waals surface area contributed by atoms with E-state index in [9.17, 15) is 14.4 Å². The summed E-state index contributed by atoms with van der Waals surface area (Å²) >= 11 is 0. The van der Waals surface area contributed by atoms with Crippen LogP contribution in [0.5, 0.6) is 0 Å². The Kier molecular flexibility index (Phi) is 3.31. The van der Waals surface area contributed by atoms with Crippen LogP contribution in [0.4, 0.5) is 0 Å². The van der Waals surface area contributed by atoms with E-state index < -0.39 is 23.5 Å². The molecule has 0 radical (unpaired) electrons. The second-order valence-electron chi connectivity index (χ2n) is 4.41. The van der Waals surface area contributed by atoms with Crippen molar-refractivity contribution < 1.29 is 19.1 Å². The van der Waals surface area contributed by atoms with Gasteiger partial charge in [-0.1, -0.05) is 0 Å². The van der Waals surface area contributed by atoms with Crippen LogP contribution in [0.1, 0.15) is 23.0 Å². The number of aliphatic carboxylic acids is 1. The molecule has 0 spiro atoms. The summed E-state index contributed by atoms with van der Waals surface area (Å²) in [6.45, 7) is 2.84. The number of hydrogen-bond donors (Lipinski definition) is 2. The average Bonchev–Trinajstić information content (AvgIpc) is 2.71. The number of nitrogens with zero attached hydrogens (tertiary/aromatic N) is 2. The zero-order chi connectivity index (χ0) is 15.0. The van der Waals surface area contributed by atoms with E-state index in [0.717, 1.165) is 0 Å². The summed E-state index contributed by atoms with van der Waals surface area (Å²) in [6, 6.07) is -1.08. The Bertz CT molecular complexity index is 758. The van der Waals surface area contributed by atoms with Crippen LogP contribution in [0, 0.1) is 6.92 Å². The van der Waals surface area contributed by atoms with Crippen LogP contribution >= 0.6 is 0 Å². The number of aryl methyl sites for hydroxylation is 2. The van der Waals surface area contributed by atoms with E-state index in [2.05, 4.69) is 10.3 Å². The zero-order valence-corrected chi connectivity index (χ0v) is 11.1. The Labute approximate surface area is 113 Å². The molecule has 1 unspecified atom stereocenters. The maximum atomic E-state index is 12.1. The monoisotopic (exact) mass is 279 g/mol. The highest BCUT2D eigenvalue weighted by atomic mass is 16.4. The van der Waals surface area contributed by atoms with Crippen LogP contribution in [0.3, 0.4) is 0 Å². The van der Waals surface area contributed by atoms with Gasteiger partial charge in [-0.05, 0) is 13.8 Å². The maximum absolute atomic E-state index is 12.1. The molecule has 0 saturated carbocycles. The quantitative estimate of drug-likeness (QED) is 0.819. The number of nitrogens with one attached hydrogen (secondary N) is 1. The van der Waals surface area contributed by atoms with Gasteiger partial charge in [0.1, 0.15) is 23.5 Å². The van der Waals surface area contributed by atoms with Crippen LogP contribution in [0.25, 0.3) is 11.1 Å². The van der Waals surface area contributed by atoms with E-state index in [1.165, 1.54) is 31.8 Å². The third kappa shape index (κ3) is 2.15. The molecule has 2 aromatic heterocycles. The number of fused-ring (bicyclic) bond motifs is 1. The Morgan fingerprint density at radius 2 is 2.15 bits per heavy atom. The Morgan fingerprint density at radius 1 is 1.50 bits per heavy atom. The van der Waals surface area contributed by atoms with E-state index in [1.54, 1.807) is 0 Å². The molecule has 8 heteroatoms. The number of rotatable bonds is 3. The fourth-order valence-corrected chi connectivity index (χ4v) is 1.79. The van der Waals surface area contributed by atoms with Crippen molar-refractivity contribution in [2.75, 3.05) is 0 Å². The summed E-state index contributed by atoms with van der Waals surface area (Å²) in [5, 5.41) is 11.1. The minimum absolute atomic E-state index is 0.0156. The molecule has 0 fully saturated rings. The molecule has 2 rings (SSSR count). The molecule has 2 heterocycles. The Hall–Kier alpha value is -2.64. The summed E-state index contributed by atoms with van der Waals surface area (Å²) in [4.78, 5) is 38.8. The first-order valence-electron chi connectivity index (χ1n) is 5.81. The normalized spacial score (nSPS) is 12.3. The summed E-state index contributed by atoms with van der Waals surface area (Å²) in [5.41, 5.74) is -0.361. The largest absolute Gasteiger partial charge is 0.480 e. The molecule has 106 valence electrons. The van der Waals surface area contributed by atoms with Gasteiger partial charge in [0.05, 0.1) is 5.56 Å². The highest BCUT2D eigenvalue weighted by Crippen LogP contribution is 2.20. The number of aromatic nitrogens is 2. The Morgan fingerprint density at radius 3 is 2.75 bits per heavy atom. The summed E-state index contributed by atoms with van der Waals surface area (Å²) in [5.74, 6) is -1.64. The van der Waals surface area contributed by atoms with Crippen LogP contribution in [0.2, 0.25) is 0 Å². The van der Waals surface area contributed by atoms with Gasteiger partial charge in [0.2, 0.25) is 5.71 Å². The SMILES string of the molecule is Cc1oc2ncn(C)c(=O)c2c1C(=O)NC(C)C(=O)O. The van der Waals surface area contributed by atoms with Crippen molar-refractivity contribution in [3.8, 4) is 0 Å². The van der Waals surface area contributed by atoms with Gasteiger partial charge in [0.15, 0.2) is 0 Å². The van der Waals surface area contributed by atoms with Gasteiger partial charge in [-0.3, -0.25) is 14.4 Å². The number of carbonyl (C=O) groups excluding carboxylic acids is 1. The van der Waals surface area contributed by atoms with Gasteiger partial charge in [-0.15, -0.1) is 0 Å². The van der Waals surface area contributed by atoms with E-state index in [-0.39, 0.29) is 22.4 Å².